The van der Waals surface area contributed by atoms with Crippen LogP contribution in [0.1, 0.15) is 5.56 Å². The van der Waals surface area contributed by atoms with Gasteiger partial charge < -0.3 is 14.0 Å². The Morgan fingerprint density at radius 3 is 1.85 bits per heavy atom. The van der Waals surface area contributed by atoms with Crippen molar-refractivity contribution in [2.24, 2.45) is 0 Å². The van der Waals surface area contributed by atoms with Gasteiger partial charge in [0, 0.05) is 16.2 Å². The Labute approximate surface area is 154 Å². The first-order valence-corrected chi connectivity index (χ1v) is 10.1. The Kier molecular flexibility index (Phi) is 5.60. The van der Waals surface area contributed by atoms with Crippen LogP contribution < -0.4 is 20.1 Å². The van der Waals surface area contributed by atoms with Crippen LogP contribution in [-0.4, -0.2) is 14.2 Å². The molecule has 3 nitrogen and oxygen atoms in total. The van der Waals surface area contributed by atoms with E-state index in [1.54, 1.807) is 20.0 Å². The van der Waals surface area contributed by atoms with Crippen molar-refractivity contribution in [1.82, 2.24) is 0 Å². The second-order valence-corrected chi connectivity index (χ2v) is 8.40. The summed E-state index contributed by atoms with van der Waals surface area (Å²) in [7, 11) is 0.317. The third kappa shape index (κ3) is 3.74. The highest BCUT2D eigenvalue weighted by molar-refractivity contribution is 7.81. The minimum atomic E-state index is -2.92. The van der Waals surface area contributed by atoms with Gasteiger partial charge in [0.15, 0.2) is 7.14 Å². The molecule has 0 saturated heterocycles. The van der Waals surface area contributed by atoms with Crippen LogP contribution in [0.3, 0.4) is 0 Å². The molecule has 0 bridgehead atoms. The summed E-state index contributed by atoms with van der Waals surface area (Å²) in [4.78, 5) is 0. The van der Waals surface area contributed by atoms with Gasteiger partial charge in [0.1, 0.15) is 11.5 Å². The standard InChI is InChI=1S/C22H21O3P/c1-24-19-13-14-22(25-2)18(17-19)15-16-26(23,20-9-5-3-6-10-20)21-11-7-4-8-12-21/h3-17H,1-2H3/b16-15+. The van der Waals surface area contributed by atoms with Gasteiger partial charge in [-0.25, -0.2) is 0 Å². The summed E-state index contributed by atoms with van der Waals surface area (Å²) in [6.45, 7) is 0. The van der Waals surface area contributed by atoms with Gasteiger partial charge in [0.2, 0.25) is 0 Å². The monoisotopic (exact) mass is 364 g/mol. The first kappa shape index (κ1) is 18.0. The maximum absolute atomic E-state index is 14.0. The van der Waals surface area contributed by atoms with Crippen LogP contribution in [0.4, 0.5) is 0 Å². The first-order valence-electron chi connectivity index (χ1n) is 8.29. The molecule has 3 aromatic rings. The maximum Gasteiger partial charge on any atom is 0.164 e. The van der Waals surface area contributed by atoms with Crippen molar-refractivity contribution < 1.29 is 14.0 Å². The summed E-state index contributed by atoms with van der Waals surface area (Å²) in [5.74, 6) is 3.21. The largest absolute Gasteiger partial charge is 0.497 e. The van der Waals surface area contributed by atoms with Gasteiger partial charge >= 0.3 is 0 Å². The quantitative estimate of drug-likeness (QED) is 0.596. The molecule has 0 aliphatic rings. The van der Waals surface area contributed by atoms with E-state index >= 15 is 0 Å². The second-order valence-electron chi connectivity index (χ2n) is 5.75. The van der Waals surface area contributed by atoms with Gasteiger partial charge in [-0.05, 0) is 30.1 Å². The lowest BCUT2D eigenvalue weighted by atomic mass is 10.2. The minimum absolute atomic E-state index is 0.703. The van der Waals surface area contributed by atoms with Gasteiger partial charge in [-0.1, -0.05) is 60.7 Å². The van der Waals surface area contributed by atoms with E-state index in [0.717, 1.165) is 21.9 Å². The fraction of sp³-hybridized carbons (Fsp3) is 0.0909. The lowest BCUT2D eigenvalue weighted by Crippen LogP contribution is -2.13. The molecule has 4 heteroatoms. The number of benzene rings is 3. The van der Waals surface area contributed by atoms with Crippen molar-refractivity contribution in [2.75, 3.05) is 14.2 Å². The van der Waals surface area contributed by atoms with E-state index in [4.69, 9.17) is 9.47 Å². The Morgan fingerprint density at radius 1 is 0.769 bits per heavy atom. The van der Waals surface area contributed by atoms with E-state index in [1.165, 1.54) is 0 Å². The number of hydrogen-bond donors (Lipinski definition) is 0. The average Bonchev–Trinajstić information content (AvgIpc) is 2.73. The third-order valence-corrected chi connectivity index (χ3v) is 6.88. The lowest BCUT2D eigenvalue weighted by molar-refractivity contribution is 0.402. The molecule has 26 heavy (non-hydrogen) atoms. The van der Waals surface area contributed by atoms with Crippen molar-refractivity contribution in [3.05, 3.63) is 90.2 Å². The number of ether oxygens (including phenoxy) is 2. The van der Waals surface area contributed by atoms with Gasteiger partial charge in [0.05, 0.1) is 14.2 Å². The summed E-state index contributed by atoms with van der Waals surface area (Å²) < 4.78 is 24.7. The van der Waals surface area contributed by atoms with Crippen LogP contribution in [0.2, 0.25) is 0 Å². The molecule has 0 N–H and O–H groups in total. The lowest BCUT2D eigenvalue weighted by Gasteiger charge is -2.16. The van der Waals surface area contributed by atoms with Crippen molar-refractivity contribution in [2.45, 2.75) is 0 Å². The highest BCUT2D eigenvalue weighted by atomic mass is 31.2. The molecule has 3 aromatic carbocycles. The van der Waals surface area contributed by atoms with E-state index in [9.17, 15) is 4.57 Å². The summed E-state index contributed by atoms with van der Waals surface area (Å²) in [5.41, 5.74) is 0.818. The van der Waals surface area contributed by atoms with E-state index in [2.05, 4.69) is 0 Å². The minimum Gasteiger partial charge on any atom is -0.497 e. The highest BCUT2D eigenvalue weighted by Gasteiger charge is 2.23. The maximum atomic E-state index is 14.0. The molecule has 0 heterocycles. The predicted octanol–water partition coefficient (Wildman–Crippen LogP) is 4.69. The van der Waals surface area contributed by atoms with Crippen LogP contribution in [0, 0.1) is 0 Å². The normalized spacial score (nSPS) is 11.5. The highest BCUT2D eigenvalue weighted by Crippen LogP contribution is 2.46. The first-order chi connectivity index (χ1) is 12.7. The Hall–Kier alpha value is -2.77. The molecule has 0 atom stereocenters. The zero-order valence-electron chi connectivity index (χ0n) is 14.8. The topological polar surface area (TPSA) is 35.5 Å². The average molecular weight is 364 g/mol. The van der Waals surface area contributed by atoms with Crippen molar-refractivity contribution in [3.63, 3.8) is 0 Å². The summed E-state index contributed by atoms with van der Waals surface area (Å²) in [5, 5.41) is 1.59. The predicted molar refractivity (Wildman–Crippen MR) is 108 cm³/mol. The van der Waals surface area contributed by atoms with Gasteiger partial charge in [-0.15, -0.1) is 0 Å². The number of methoxy groups -OCH3 is 2. The smallest absolute Gasteiger partial charge is 0.164 e. The van der Waals surface area contributed by atoms with Gasteiger partial charge in [0.25, 0.3) is 0 Å². The van der Waals surface area contributed by atoms with Crippen LogP contribution in [0.25, 0.3) is 6.08 Å². The molecule has 0 aliphatic carbocycles. The molecule has 0 aliphatic heterocycles. The van der Waals surface area contributed by atoms with Crippen molar-refractivity contribution in [1.29, 1.82) is 0 Å². The fourth-order valence-corrected chi connectivity index (χ4v) is 5.02. The molecule has 0 aromatic heterocycles. The zero-order valence-corrected chi connectivity index (χ0v) is 15.7. The summed E-state index contributed by atoms with van der Waals surface area (Å²) in [6.07, 6.45) is 1.85. The molecule has 0 unspecified atom stereocenters. The van der Waals surface area contributed by atoms with Gasteiger partial charge in [-0.2, -0.15) is 0 Å². The van der Waals surface area contributed by atoms with E-state index in [-0.39, 0.29) is 0 Å². The molecule has 3 rings (SSSR count). The summed E-state index contributed by atoms with van der Waals surface area (Å²) in [6, 6.07) is 24.6. The van der Waals surface area contributed by atoms with Crippen LogP contribution in [-0.2, 0) is 4.57 Å². The van der Waals surface area contributed by atoms with E-state index in [1.807, 2.05) is 84.9 Å². The van der Waals surface area contributed by atoms with Crippen LogP contribution in [0.15, 0.2) is 84.7 Å². The van der Waals surface area contributed by atoms with E-state index < -0.39 is 7.14 Å². The van der Waals surface area contributed by atoms with Crippen molar-refractivity contribution >= 4 is 23.8 Å². The molecule has 0 radical (unpaired) electrons. The molecule has 0 spiro atoms. The SMILES string of the molecule is COc1ccc(OC)c(/C=C/P(=O)(c2ccccc2)c2ccccc2)c1. The molecular weight excluding hydrogens is 343 g/mol. The van der Waals surface area contributed by atoms with Crippen LogP contribution >= 0.6 is 7.14 Å². The summed E-state index contributed by atoms with van der Waals surface area (Å²) >= 11 is 0. The van der Waals surface area contributed by atoms with Crippen LogP contribution in [0.5, 0.6) is 11.5 Å². The third-order valence-electron chi connectivity index (χ3n) is 4.18. The Balaban J connectivity index is 2.11. The Bertz CT molecular complexity index is 891. The molecular formula is C22H21O3P. The Morgan fingerprint density at radius 2 is 1.35 bits per heavy atom. The molecule has 0 fully saturated rings. The number of hydrogen-bond acceptors (Lipinski definition) is 3. The molecule has 0 amide bonds. The zero-order chi connectivity index (χ0) is 18.4. The van der Waals surface area contributed by atoms with Gasteiger partial charge in [-0.3, -0.25) is 0 Å². The van der Waals surface area contributed by atoms with E-state index in [0.29, 0.717) is 5.75 Å². The second kappa shape index (κ2) is 8.07. The van der Waals surface area contributed by atoms with Crippen molar-refractivity contribution in [3.8, 4) is 11.5 Å². The fourth-order valence-electron chi connectivity index (χ4n) is 2.78. The molecule has 0 saturated carbocycles. The molecule has 132 valence electrons. The number of rotatable bonds is 6.